The Labute approximate surface area is 333 Å². The van der Waals surface area contributed by atoms with Crippen LogP contribution in [0.3, 0.4) is 0 Å². The molecule has 0 aliphatic rings. The lowest BCUT2D eigenvalue weighted by Gasteiger charge is -2.09. The number of aromatic nitrogens is 1. The summed E-state index contributed by atoms with van der Waals surface area (Å²) < 4.78 is 2.64. The number of hydrogen-bond donors (Lipinski definition) is 0. The maximum absolute atomic E-state index is 4.53. The highest BCUT2D eigenvalue weighted by Gasteiger charge is 2.12. The van der Waals surface area contributed by atoms with Crippen molar-refractivity contribution in [3.8, 4) is 65.4 Å². The summed E-state index contributed by atoms with van der Waals surface area (Å²) in [4.78, 5) is 7.13. The Morgan fingerprint density at radius 3 is 1.29 bits per heavy atom. The van der Waals surface area contributed by atoms with Gasteiger partial charge in [0.25, 0.3) is 0 Å². The second kappa shape index (κ2) is 13.6. The molecule has 0 N–H and O–H groups in total. The van der Waals surface area contributed by atoms with Crippen LogP contribution < -0.4 is 0 Å². The van der Waals surface area contributed by atoms with Gasteiger partial charge in [0, 0.05) is 30.7 Å². The van der Waals surface area contributed by atoms with Crippen LogP contribution in [0.1, 0.15) is 0 Å². The van der Waals surface area contributed by atoms with Crippen molar-refractivity contribution >= 4 is 64.5 Å². The molecule has 0 spiro atoms. The second-order valence-electron chi connectivity index (χ2n) is 14.4. The molecule has 0 aliphatic carbocycles. The van der Waals surface area contributed by atoms with Crippen molar-refractivity contribution in [1.82, 2.24) is 4.98 Å². The van der Waals surface area contributed by atoms with Crippen molar-refractivity contribution in [2.45, 2.75) is 0 Å². The molecule has 56 heavy (non-hydrogen) atoms. The van der Waals surface area contributed by atoms with Gasteiger partial charge in [-0.1, -0.05) is 158 Å². The summed E-state index contributed by atoms with van der Waals surface area (Å²) in [5, 5.41) is 6.34. The highest BCUT2D eigenvalue weighted by atomic mass is 32.1. The summed E-state index contributed by atoms with van der Waals surface area (Å²) in [7, 11) is 0. The number of benzene rings is 8. The molecule has 0 unspecified atom stereocenters. The summed E-state index contributed by atoms with van der Waals surface area (Å²) in [6.45, 7) is 0. The van der Waals surface area contributed by atoms with E-state index in [2.05, 4.69) is 193 Å². The van der Waals surface area contributed by atoms with E-state index in [0.29, 0.717) is 0 Å². The van der Waals surface area contributed by atoms with E-state index >= 15 is 0 Å². The van der Waals surface area contributed by atoms with Crippen molar-refractivity contribution in [3.05, 3.63) is 200 Å². The molecule has 1 nitrogen and oxygen atoms in total. The normalized spacial score (nSPS) is 11.6. The third kappa shape index (κ3) is 5.90. The minimum Gasteiger partial charge on any atom is -0.256 e. The number of nitrogens with zero attached hydrogens (tertiary/aromatic N) is 1. The topological polar surface area (TPSA) is 12.9 Å². The number of pyridine rings is 1. The van der Waals surface area contributed by atoms with Crippen molar-refractivity contribution in [3.63, 3.8) is 0 Å². The highest BCUT2D eigenvalue weighted by molar-refractivity contribution is 7.23. The van der Waals surface area contributed by atoms with Crippen LogP contribution in [0.2, 0.25) is 0 Å². The molecule has 3 aromatic heterocycles. The van der Waals surface area contributed by atoms with Gasteiger partial charge in [-0.3, -0.25) is 4.98 Å². The molecule has 262 valence electrons. The Bertz CT molecular complexity index is 2930. The van der Waals surface area contributed by atoms with E-state index in [4.69, 9.17) is 0 Å². The summed E-state index contributed by atoms with van der Waals surface area (Å²) >= 11 is 3.74. The minimum absolute atomic E-state index is 1.02. The average Bonchev–Trinajstić information content (AvgIpc) is 3.89. The molecule has 11 rings (SSSR count). The predicted molar refractivity (Wildman–Crippen MR) is 243 cm³/mol. The van der Waals surface area contributed by atoms with Gasteiger partial charge in [0.1, 0.15) is 0 Å². The molecule has 0 saturated carbocycles. The smallest absolute Gasteiger partial charge is 0.0708 e. The molecule has 0 atom stereocenters. The molecule has 0 amide bonds. The van der Waals surface area contributed by atoms with Crippen LogP contribution in [0, 0.1) is 0 Å². The zero-order valence-electron chi connectivity index (χ0n) is 30.3. The van der Waals surface area contributed by atoms with Gasteiger partial charge in [-0.2, -0.15) is 0 Å². The fraction of sp³-hybridized carbons (Fsp3) is 0. The lowest BCUT2D eigenvalue weighted by Crippen LogP contribution is -1.85. The van der Waals surface area contributed by atoms with Gasteiger partial charge >= 0.3 is 0 Å². The van der Waals surface area contributed by atoms with Crippen LogP contribution in [-0.2, 0) is 0 Å². The third-order valence-corrected chi connectivity index (χ3v) is 13.3. The first-order chi connectivity index (χ1) is 27.7. The molecule has 0 saturated heterocycles. The van der Waals surface area contributed by atoms with E-state index in [0.717, 1.165) is 5.52 Å². The Morgan fingerprint density at radius 1 is 0.304 bits per heavy atom. The SMILES string of the molecule is c1ccc2c(-c3ccc(-c4ccc(-c5cc6cc7sc(-c8ccc(-c9ccc(-c%10ccnc%11ccccc%10%11)cc9)cc8)cc7cc6s5)cc4)cc3)cccc2c1. The zero-order valence-corrected chi connectivity index (χ0v) is 31.9. The first-order valence-corrected chi connectivity index (χ1v) is 20.5. The van der Waals surface area contributed by atoms with Crippen molar-refractivity contribution in [1.29, 1.82) is 0 Å². The Balaban J connectivity index is 0.805. The number of fused-ring (bicyclic) bond motifs is 4. The third-order valence-electron chi connectivity index (χ3n) is 11.0. The van der Waals surface area contributed by atoms with Crippen LogP contribution >= 0.6 is 22.7 Å². The van der Waals surface area contributed by atoms with Crippen LogP contribution in [0.4, 0.5) is 0 Å². The quantitative estimate of drug-likeness (QED) is 0.165. The molecule has 0 aliphatic heterocycles. The summed E-state index contributed by atoms with van der Waals surface area (Å²) in [6, 6.07) is 70.9. The number of thiophene rings is 2. The Morgan fingerprint density at radius 2 is 0.732 bits per heavy atom. The summed E-state index contributed by atoms with van der Waals surface area (Å²) in [5.41, 5.74) is 13.4. The van der Waals surface area contributed by atoms with Crippen LogP contribution in [0.15, 0.2) is 200 Å². The molecular weight excluding hydrogens is 715 g/mol. The van der Waals surface area contributed by atoms with Gasteiger partial charge < -0.3 is 0 Å². The standard InChI is InChI=1S/C53H33NS2/c1-2-8-45-38(6-1)7-5-10-46(45)39-20-12-34(13-21-39)36-16-24-41(25-17-36)50-30-43-32-53-44(33-52(43)55-50)31-51(56-53)42-26-18-37(19-27-42)35-14-22-40(23-15-35)47-28-29-54-49-11-4-3-9-48(47)49/h1-33H. The Hall–Kier alpha value is -6.65. The van der Waals surface area contributed by atoms with Crippen molar-refractivity contribution in [2.24, 2.45) is 0 Å². The van der Waals surface area contributed by atoms with E-state index in [1.807, 2.05) is 34.9 Å². The lowest BCUT2D eigenvalue weighted by atomic mass is 9.96. The van der Waals surface area contributed by atoms with Crippen LogP contribution in [-0.4, -0.2) is 4.98 Å². The first kappa shape index (κ1) is 32.8. The number of rotatable bonds is 6. The molecular formula is C53H33NS2. The molecule has 3 heteroatoms. The average molecular weight is 748 g/mol. The molecule has 8 aromatic carbocycles. The van der Waals surface area contributed by atoms with Crippen molar-refractivity contribution in [2.75, 3.05) is 0 Å². The van der Waals surface area contributed by atoms with Gasteiger partial charge in [0.2, 0.25) is 0 Å². The van der Waals surface area contributed by atoms with E-state index in [1.54, 1.807) is 0 Å². The van der Waals surface area contributed by atoms with E-state index in [-0.39, 0.29) is 0 Å². The van der Waals surface area contributed by atoms with Gasteiger partial charge in [-0.05, 0) is 114 Å². The monoisotopic (exact) mass is 747 g/mol. The maximum Gasteiger partial charge on any atom is 0.0708 e. The lowest BCUT2D eigenvalue weighted by molar-refractivity contribution is 1.41. The molecule has 0 fully saturated rings. The number of hydrogen-bond acceptors (Lipinski definition) is 3. The molecule has 3 heterocycles. The van der Waals surface area contributed by atoms with E-state index in [9.17, 15) is 0 Å². The van der Waals surface area contributed by atoms with Gasteiger partial charge in [-0.25, -0.2) is 0 Å². The van der Waals surface area contributed by atoms with E-state index < -0.39 is 0 Å². The fourth-order valence-electron chi connectivity index (χ4n) is 8.02. The van der Waals surface area contributed by atoms with Gasteiger partial charge in [0.05, 0.1) is 5.52 Å². The van der Waals surface area contributed by atoms with Crippen molar-refractivity contribution < 1.29 is 0 Å². The number of para-hydroxylation sites is 1. The summed E-state index contributed by atoms with van der Waals surface area (Å²) in [6.07, 6.45) is 1.90. The fourth-order valence-corrected chi connectivity index (χ4v) is 10.2. The van der Waals surface area contributed by atoms with E-state index in [1.165, 1.54) is 102 Å². The largest absolute Gasteiger partial charge is 0.256 e. The predicted octanol–water partition coefficient (Wildman–Crippen LogP) is 15.8. The second-order valence-corrected chi connectivity index (χ2v) is 16.5. The van der Waals surface area contributed by atoms with Crippen LogP contribution in [0.25, 0.3) is 107 Å². The highest BCUT2D eigenvalue weighted by Crippen LogP contribution is 2.41. The van der Waals surface area contributed by atoms with Gasteiger partial charge in [0.15, 0.2) is 0 Å². The maximum atomic E-state index is 4.53. The molecule has 0 bridgehead atoms. The van der Waals surface area contributed by atoms with Crippen LogP contribution in [0.5, 0.6) is 0 Å². The first-order valence-electron chi connectivity index (χ1n) is 18.9. The molecule has 0 radical (unpaired) electrons. The zero-order chi connectivity index (χ0) is 37.0. The molecule has 11 aromatic rings. The van der Waals surface area contributed by atoms with Gasteiger partial charge in [-0.15, -0.1) is 22.7 Å². The Kier molecular flexibility index (Phi) is 7.94. The minimum atomic E-state index is 1.02. The summed E-state index contributed by atoms with van der Waals surface area (Å²) in [5.74, 6) is 0.